The zero-order chi connectivity index (χ0) is 14.8. The number of nitrogens with zero attached hydrogens (tertiary/aromatic N) is 3. The molecule has 4 heteroatoms. The number of aromatic nitrogens is 3. The van der Waals surface area contributed by atoms with Crippen molar-refractivity contribution in [3.8, 4) is 0 Å². The number of rotatable bonds is 4. The summed E-state index contributed by atoms with van der Waals surface area (Å²) in [5.74, 6) is 0. The van der Waals surface area contributed by atoms with Crippen molar-refractivity contribution in [3.63, 3.8) is 0 Å². The van der Waals surface area contributed by atoms with Crippen LogP contribution in [-0.2, 0) is 7.05 Å². The average molecular weight is 280 g/mol. The van der Waals surface area contributed by atoms with Crippen molar-refractivity contribution in [2.24, 2.45) is 7.05 Å². The highest BCUT2D eigenvalue weighted by Gasteiger charge is 2.15. The minimum atomic E-state index is 0.113. The molecular weight excluding hydrogens is 260 g/mol. The van der Waals surface area contributed by atoms with E-state index in [9.17, 15) is 0 Å². The van der Waals surface area contributed by atoms with E-state index < -0.39 is 0 Å². The Kier molecular flexibility index (Phi) is 3.71. The number of hydrogen-bond donors (Lipinski definition) is 1. The molecule has 0 saturated heterocycles. The van der Waals surface area contributed by atoms with Crippen molar-refractivity contribution in [1.82, 2.24) is 19.9 Å². The number of aryl methyl sites for hydroxylation is 2. The molecule has 2 aromatic heterocycles. The third-order valence-electron chi connectivity index (χ3n) is 3.61. The van der Waals surface area contributed by atoms with E-state index in [1.54, 1.807) is 0 Å². The summed E-state index contributed by atoms with van der Waals surface area (Å²) in [6.45, 7) is 5.02. The number of benzene rings is 1. The molecule has 21 heavy (non-hydrogen) atoms. The molecule has 1 N–H and O–H groups in total. The lowest BCUT2D eigenvalue weighted by Gasteiger charge is -2.17. The summed E-state index contributed by atoms with van der Waals surface area (Å²) in [4.78, 5) is 9.05. The Balaban J connectivity index is 2.04. The molecule has 3 aromatic rings. The van der Waals surface area contributed by atoms with Crippen LogP contribution in [-0.4, -0.2) is 21.1 Å². The Morgan fingerprint density at radius 3 is 2.81 bits per heavy atom. The molecule has 0 spiro atoms. The Hall–Kier alpha value is -2.20. The fraction of sp³-hybridized carbons (Fsp3) is 0.294. The van der Waals surface area contributed by atoms with Crippen molar-refractivity contribution in [1.29, 1.82) is 0 Å². The highest BCUT2D eigenvalue weighted by atomic mass is 15.0. The molecule has 0 radical (unpaired) electrons. The minimum absolute atomic E-state index is 0.113. The minimum Gasteiger partial charge on any atom is -0.340 e. The maximum absolute atomic E-state index is 4.56. The van der Waals surface area contributed by atoms with Crippen LogP contribution in [0.1, 0.15) is 29.9 Å². The molecular formula is C17H20N4. The van der Waals surface area contributed by atoms with Crippen molar-refractivity contribution >= 4 is 10.9 Å². The Labute approximate surface area is 124 Å². The van der Waals surface area contributed by atoms with Crippen LogP contribution < -0.4 is 5.32 Å². The summed E-state index contributed by atoms with van der Waals surface area (Å²) >= 11 is 0. The second-order valence-electron chi connectivity index (χ2n) is 5.36. The van der Waals surface area contributed by atoms with Crippen LogP contribution >= 0.6 is 0 Å². The van der Waals surface area contributed by atoms with E-state index in [-0.39, 0.29) is 6.04 Å². The average Bonchev–Trinajstić information content (AvgIpc) is 2.90. The lowest BCUT2D eigenvalue weighted by molar-refractivity contribution is 0.618. The zero-order valence-corrected chi connectivity index (χ0v) is 12.7. The van der Waals surface area contributed by atoms with Gasteiger partial charge in [-0.05, 0) is 37.2 Å². The third kappa shape index (κ3) is 2.81. The molecule has 0 aliphatic rings. The predicted octanol–water partition coefficient (Wildman–Crippen LogP) is 2.98. The van der Waals surface area contributed by atoms with Gasteiger partial charge in [0.2, 0.25) is 0 Å². The fourth-order valence-electron chi connectivity index (χ4n) is 2.60. The lowest BCUT2D eigenvalue weighted by Crippen LogP contribution is -2.22. The summed E-state index contributed by atoms with van der Waals surface area (Å²) in [6, 6.07) is 10.7. The van der Waals surface area contributed by atoms with Gasteiger partial charge in [-0.3, -0.25) is 4.98 Å². The first kappa shape index (κ1) is 13.8. The van der Waals surface area contributed by atoms with E-state index in [4.69, 9.17) is 0 Å². The molecule has 0 saturated carbocycles. The van der Waals surface area contributed by atoms with E-state index in [1.807, 2.05) is 24.9 Å². The summed E-state index contributed by atoms with van der Waals surface area (Å²) in [5, 5.41) is 4.67. The van der Waals surface area contributed by atoms with Crippen molar-refractivity contribution in [2.75, 3.05) is 6.54 Å². The van der Waals surface area contributed by atoms with Crippen LogP contribution in [0.5, 0.6) is 0 Å². The molecule has 0 aliphatic carbocycles. The first-order valence-electron chi connectivity index (χ1n) is 7.26. The van der Waals surface area contributed by atoms with Crippen molar-refractivity contribution < 1.29 is 0 Å². The van der Waals surface area contributed by atoms with Crippen LogP contribution in [0.2, 0.25) is 0 Å². The first-order valence-corrected chi connectivity index (χ1v) is 7.26. The highest BCUT2D eigenvalue weighted by Crippen LogP contribution is 2.24. The first-order chi connectivity index (χ1) is 10.2. The molecule has 1 unspecified atom stereocenters. The second kappa shape index (κ2) is 5.66. The summed E-state index contributed by atoms with van der Waals surface area (Å²) < 4.78 is 1.98. The van der Waals surface area contributed by atoms with Gasteiger partial charge in [-0.15, -0.1) is 0 Å². The maximum Gasteiger partial charge on any atom is 0.0947 e. The van der Waals surface area contributed by atoms with Crippen LogP contribution in [0.4, 0.5) is 0 Å². The number of pyridine rings is 1. The fourth-order valence-corrected chi connectivity index (χ4v) is 2.60. The van der Waals surface area contributed by atoms with Gasteiger partial charge < -0.3 is 9.88 Å². The number of imidazole rings is 1. The molecule has 1 atom stereocenters. The molecule has 0 fully saturated rings. The highest BCUT2D eigenvalue weighted by molar-refractivity contribution is 5.79. The van der Waals surface area contributed by atoms with E-state index in [2.05, 4.69) is 58.7 Å². The van der Waals surface area contributed by atoms with Crippen molar-refractivity contribution in [3.05, 3.63) is 59.8 Å². The largest absolute Gasteiger partial charge is 0.340 e. The van der Waals surface area contributed by atoms with E-state index >= 15 is 0 Å². The standard InChI is InChI=1S/C17H20N4/c1-4-18-17(16-10-21(3)11-19-16)14-7-8-15-13(9-14)6-5-12(2)20-15/h5-11,17-18H,4H2,1-3H3. The zero-order valence-electron chi connectivity index (χ0n) is 12.7. The van der Waals surface area contributed by atoms with Crippen molar-refractivity contribution in [2.45, 2.75) is 19.9 Å². The van der Waals surface area contributed by atoms with E-state index in [1.165, 1.54) is 5.56 Å². The summed E-state index contributed by atoms with van der Waals surface area (Å²) in [7, 11) is 1.99. The van der Waals surface area contributed by atoms with Gasteiger partial charge in [0, 0.05) is 24.3 Å². The molecule has 0 aliphatic heterocycles. The normalized spacial score (nSPS) is 12.7. The van der Waals surface area contributed by atoms with Gasteiger partial charge in [-0.1, -0.05) is 19.1 Å². The van der Waals surface area contributed by atoms with Gasteiger partial charge in [0.15, 0.2) is 0 Å². The quantitative estimate of drug-likeness (QED) is 0.799. The van der Waals surface area contributed by atoms with Crippen LogP contribution in [0, 0.1) is 6.92 Å². The third-order valence-corrected chi connectivity index (χ3v) is 3.61. The Morgan fingerprint density at radius 2 is 2.10 bits per heavy atom. The molecule has 0 amide bonds. The Bertz CT molecular complexity index is 760. The van der Waals surface area contributed by atoms with E-state index in [0.29, 0.717) is 0 Å². The second-order valence-corrected chi connectivity index (χ2v) is 5.36. The Morgan fingerprint density at radius 1 is 1.24 bits per heavy atom. The van der Waals surface area contributed by atoms with Gasteiger partial charge in [-0.2, -0.15) is 0 Å². The molecule has 1 aromatic carbocycles. The summed E-state index contributed by atoms with van der Waals surface area (Å²) in [5.41, 5.74) is 4.34. The topological polar surface area (TPSA) is 42.7 Å². The smallest absolute Gasteiger partial charge is 0.0947 e. The SMILES string of the molecule is CCNC(c1ccc2nc(C)ccc2c1)c1cn(C)cn1. The molecule has 2 heterocycles. The van der Waals surface area contributed by atoms with E-state index in [0.717, 1.165) is 28.8 Å². The van der Waals surface area contributed by atoms with Crippen LogP contribution in [0.25, 0.3) is 10.9 Å². The molecule has 3 rings (SSSR count). The molecule has 108 valence electrons. The van der Waals surface area contributed by atoms with Gasteiger partial charge in [0.25, 0.3) is 0 Å². The van der Waals surface area contributed by atoms with Gasteiger partial charge in [0.1, 0.15) is 0 Å². The monoisotopic (exact) mass is 280 g/mol. The number of nitrogens with one attached hydrogen (secondary N) is 1. The molecule has 4 nitrogen and oxygen atoms in total. The van der Waals surface area contributed by atoms with Crippen LogP contribution in [0.15, 0.2) is 42.9 Å². The lowest BCUT2D eigenvalue weighted by atomic mass is 10.0. The number of fused-ring (bicyclic) bond motifs is 1. The molecule has 0 bridgehead atoms. The van der Waals surface area contributed by atoms with Gasteiger partial charge >= 0.3 is 0 Å². The van der Waals surface area contributed by atoms with Crippen LogP contribution in [0.3, 0.4) is 0 Å². The predicted molar refractivity (Wildman–Crippen MR) is 85.2 cm³/mol. The van der Waals surface area contributed by atoms with Gasteiger partial charge in [-0.25, -0.2) is 4.98 Å². The van der Waals surface area contributed by atoms with Gasteiger partial charge in [0.05, 0.1) is 23.6 Å². The summed E-state index contributed by atoms with van der Waals surface area (Å²) in [6.07, 6.45) is 3.90. The maximum atomic E-state index is 4.56. The number of hydrogen-bond acceptors (Lipinski definition) is 3.